The van der Waals surface area contributed by atoms with Crippen LogP contribution in [0.3, 0.4) is 0 Å². The highest BCUT2D eigenvalue weighted by Crippen LogP contribution is 2.05. The summed E-state index contributed by atoms with van der Waals surface area (Å²) in [6.45, 7) is 5.92. The van der Waals surface area contributed by atoms with Gasteiger partial charge in [0.25, 0.3) is 0 Å². The van der Waals surface area contributed by atoms with E-state index in [1.54, 1.807) is 4.90 Å². The van der Waals surface area contributed by atoms with Crippen molar-refractivity contribution in [3.05, 3.63) is 12.3 Å². The van der Waals surface area contributed by atoms with Gasteiger partial charge in [-0.05, 0) is 26.8 Å². The minimum absolute atomic E-state index is 0.00463. The number of carbonyl (C=O) groups is 1. The summed E-state index contributed by atoms with van der Waals surface area (Å²) >= 11 is 0. The molecule has 0 spiro atoms. The van der Waals surface area contributed by atoms with Gasteiger partial charge < -0.3 is 5.32 Å². The highest BCUT2D eigenvalue weighted by Gasteiger charge is 2.18. The third-order valence-electron chi connectivity index (χ3n) is 1.68. The monoisotopic (exact) mass is 154 g/mol. The molecule has 0 aromatic rings. The number of hydrogen-bond acceptors (Lipinski definition) is 1. The van der Waals surface area contributed by atoms with Crippen LogP contribution in [0.5, 0.6) is 0 Å². The molecule has 1 unspecified atom stereocenters. The highest BCUT2D eigenvalue weighted by molar-refractivity contribution is 5.77. The average Bonchev–Trinajstić information content (AvgIpc) is 1.85. The van der Waals surface area contributed by atoms with Crippen LogP contribution in [0.15, 0.2) is 12.3 Å². The Bertz CT molecular complexity index is 187. The van der Waals surface area contributed by atoms with Gasteiger partial charge in [-0.1, -0.05) is 0 Å². The molecule has 0 radical (unpaired) electrons. The summed E-state index contributed by atoms with van der Waals surface area (Å²) < 4.78 is 0. The van der Waals surface area contributed by atoms with Crippen LogP contribution >= 0.6 is 0 Å². The van der Waals surface area contributed by atoms with Crippen LogP contribution in [0.1, 0.15) is 20.8 Å². The Labute approximate surface area is 67.1 Å². The van der Waals surface area contributed by atoms with Gasteiger partial charge in [-0.3, -0.25) is 4.90 Å². The van der Waals surface area contributed by atoms with Gasteiger partial charge in [-0.2, -0.15) is 0 Å². The first-order valence-corrected chi connectivity index (χ1v) is 3.88. The van der Waals surface area contributed by atoms with Gasteiger partial charge >= 0.3 is 6.03 Å². The summed E-state index contributed by atoms with van der Waals surface area (Å²) in [5, 5.41) is 2.81. The Kier molecular flexibility index (Phi) is 2.17. The van der Waals surface area contributed by atoms with Crippen molar-refractivity contribution < 1.29 is 4.79 Å². The number of nitrogens with zero attached hydrogens (tertiary/aromatic N) is 1. The van der Waals surface area contributed by atoms with Crippen molar-refractivity contribution in [1.82, 2.24) is 10.2 Å². The molecule has 0 aliphatic carbocycles. The minimum atomic E-state index is -0.00463. The summed E-state index contributed by atoms with van der Waals surface area (Å²) in [5.74, 6) is 0. The fourth-order valence-electron chi connectivity index (χ4n) is 1.01. The molecule has 3 nitrogen and oxygen atoms in total. The Morgan fingerprint density at radius 3 is 2.73 bits per heavy atom. The van der Waals surface area contributed by atoms with Crippen LogP contribution in [0.25, 0.3) is 0 Å². The molecule has 2 amide bonds. The molecule has 0 saturated carbocycles. The van der Waals surface area contributed by atoms with Crippen molar-refractivity contribution in [3.8, 4) is 0 Å². The Hall–Kier alpha value is -0.990. The molecule has 1 aliphatic heterocycles. The van der Waals surface area contributed by atoms with Crippen LogP contribution < -0.4 is 5.32 Å². The maximum atomic E-state index is 11.2. The molecule has 1 rings (SSSR count). The SMILES string of the molecule is CC1C=CN(C(C)C)C(=O)N1. The molecule has 1 atom stereocenters. The molecule has 0 saturated heterocycles. The average molecular weight is 154 g/mol. The van der Waals surface area contributed by atoms with Crippen molar-refractivity contribution in [2.75, 3.05) is 0 Å². The predicted octanol–water partition coefficient (Wildman–Crippen LogP) is 1.32. The minimum Gasteiger partial charge on any atom is -0.332 e. The van der Waals surface area contributed by atoms with Gasteiger partial charge in [-0.15, -0.1) is 0 Å². The van der Waals surface area contributed by atoms with E-state index in [0.717, 1.165) is 0 Å². The molecule has 1 N–H and O–H groups in total. The molecule has 62 valence electrons. The smallest absolute Gasteiger partial charge is 0.322 e. The molecular weight excluding hydrogens is 140 g/mol. The Morgan fingerprint density at radius 1 is 1.64 bits per heavy atom. The topological polar surface area (TPSA) is 32.3 Å². The normalized spacial score (nSPS) is 24.2. The predicted molar refractivity (Wildman–Crippen MR) is 44.1 cm³/mol. The molecule has 0 aromatic carbocycles. The highest BCUT2D eigenvalue weighted by atomic mass is 16.2. The van der Waals surface area contributed by atoms with Crippen molar-refractivity contribution in [2.24, 2.45) is 0 Å². The van der Waals surface area contributed by atoms with Crippen LogP contribution in [-0.4, -0.2) is 23.0 Å². The van der Waals surface area contributed by atoms with E-state index in [4.69, 9.17) is 0 Å². The number of urea groups is 1. The quantitative estimate of drug-likeness (QED) is 0.607. The second-order valence-electron chi connectivity index (χ2n) is 3.08. The zero-order chi connectivity index (χ0) is 8.43. The van der Waals surface area contributed by atoms with E-state index in [-0.39, 0.29) is 18.1 Å². The maximum absolute atomic E-state index is 11.2. The van der Waals surface area contributed by atoms with E-state index in [1.807, 2.05) is 33.0 Å². The molecule has 3 heteroatoms. The first-order valence-electron chi connectivity index (χ1n) is 3.88. The third kappa shape index (κ3) is 1.73. The largest absolute Gasteiger partial charge is 0.332 e. The van der Waals surface area contributed by atoms with E-state index in [1.165, 1.54) is 0 Å². The molecule has 0 aromatic heterocycles. The lowest BCUT2D eigenvalue weighted by Gasteiger charge is -2.28. The van der Waals surface area contributed by atoms with Gasteiger partial charge in [0.1, 0.15) is 0 Å². The van der Waals surface area contributed by atoms with Gasteiger partial charge in [-0.25, -0.2) is 4.79 Å². The lowest BCUT2D eigenvalue weighted by Crippen LogP contribution is -2.46. The molecule has 1 aliphatic rings. The molecule has 0 fully saturated rings. The standard InChI is InChI=1S/C8H14N2O/c1-6(2)10-5-4-7(3)9-8(10)11/h4-7H,1-3H3,(H,9,11). The maximum Gasteiger partial charge on any atom is 0.322 e. The molecular formula is C8H14N2O. The number of amides is 2. The van der Waals surface area contributed by atoms with Crippen molar-refractivity contribution in [2.45, 2.75) is 32.9 Å². The summed E-state index contributed by atoms with van der Waals surface area (Å²) in [6, 6.07) is 0.395. The van der Waals surface area contributed by atoms with Crippen LogP contribution in [0, 0.1) is 0 Å². The van der Waals surface area contributed by atoms with E-state index >= 15 is 0 Å². The summed E-state index contributed by atoms with van der Waals surface area (Å²) in [7, 11) is 0. The summed E-state index contributed by atoms with van der Waals surface area (Å²) in [5.41, 5.74) is 0. The zero-order valence-electron chi connectivity index (χ0n) is 7.16. The fourth-order valence-corrected chi connectivity index (χ4v) is 1.01. The first kappa shape index (κ1) is 8.11. The van der Waals surface area contributed by atoms with Crippen LogP contribution in [0.4, 0.5) is 4.79 Å². The molecule has 11 heavy (non-hydrogen) atoms. The first-order chi connectivity index (χ1) is 5.11. The molecule has 0 bridgehead atoms. The van der Waals surface area contributed by atoms with E-state index < -0.39 is 0 Å². The van der Waals surface area contributed by atoms with Gasteiger partial charge in [0, 0.05) is 18.3 Å². The Balaban J connectivity index is 2.68. The zero-order valence-corrected chi connectivity index (χ0v) is 7.16. The third-order valence-corrected chi connectivity index (χ3v) is 1.68. The number of hydrogen-bond donors (Lipinski definition) is 1. The Morgan fingerprint density at radius 2 is 2.27 bits per heavy atom. The second-order valence-corrected chi connectivity index (χ2v) is 3.08. The van der Waals surface area contributed by atoms with Crippen molar-refractivity contribution >= 4 is 6.03 Å². The van der Waals surface area contributed by atoms with Gasteiger partial charge in [0.05, 0.1) is 0 Å². The number of carbonyl (C=O) groups excluding carboxylic acids is 1. The van der Waals surface area contributed by atoms with Gasteiger partial charge in [0.2, 0.25) is 0 Å². The molecule has 1 heterocycles. The van der Waals surface area contributed by atoms with Gasteiger partial charge in [0.15, 0.2) is 0 Å². The second kappa shape index (κ2) is 2.95. The van der Waals surface area contributed by atoms with E-state index in [9.17, 15) is 4.79 Å². The number of nitrogens with one attached hydrogen (secondary N) is 1. The van der Waals surface area contributed by atoms with E-state index in [0.29, 0.717) is 0 Å². The summed E-state index contributed by atoms with van der Waals surface area (Å²) in [4.78, 5) is 12.9. The lowest BCUT2D eigenvalue weighted by molar-refractivity contribution is 0.200. The fraction of sp³-hybridized carbons (Fsp3) is 0.625. The summed E-state index contributed by atoms with van der Waals surface area (Å²) in [6.07, 6.45) is 3.82. The number of rotatable bonds is 1. The van der Waals surface area contributed by atoms with Crippen LogP contribution in [0.2, 0.25) is 0 Å². The van der Waals surface area contributed by atoms with Crippen LogP contribution in [-0.2, 0) is 0 Å². The van der Waals surface area contributed by atoms with Crippen molar-refractivity contribution in [3.63, 3.8) is 0 Å². The van der Waals surface area contributed by atoms with E-state index in [2.05, 4.69) is 5.32 Å². The van der Waals surface area contributed by atoms with Crippen molar-refractivity contribution in [1.29, 1.82) is 0 Å². The lowest BCUT2D eigenvalue weighted by atomic mass is 10.2.